The summed E-state index contributed by atoms with van der Waals surface area (Å²) in [6.45, 7) is 8.02. The molecule has 0 spiro atoms. The Morgan fingerprint density at radius 1 is 0.867 bits per heavy atom. The molecule has 2 heterocycles. The van der Waals surface area contributed by atoms with Gasteiger partial charge in [0.15, 0.2) is 5.69 Å². The lowest BCUT2D eigenvalue weighted by molar-refractivity contribution is -0.140. The number of nitrogens with zero attached hydrogens (tertiary/aromatic N) is 4. The van der Waals surface area contributed by atoms with Crippen LogP contribution in [0, 0.1) is 6.92 Å². The molecule has 0 radical (unpaired) electrons. The highest BCUT2D eigenvalue weighted by Crippen LogP contribution is 2.33. The molecule has 1 aromatic heterocycles. The summed E-state index contributed by atoms with van der Waals surface area (Å²) in [7, 11) is -2.97. The number of rotatable bonds is 10. The van der Waals surface area contributed by atoms with Crippen LogP contribution in [0.3, 0.4) is 0 Å². The summed E-state index contributed by atoms with van der Waals surface area (Å²) in [5, 5.41) is 6.31. The van der Waals surface area contributed by atoms with Gasteiger partial charge in [-0.05, 0) is 110 Å². The highest BCUT2D eigenvalue weighted by molar-refractivity contribution is 7.90. The first kappa shape index (κ1) is 41.8. The molecule has 6 aromatic rings. The Kier molecular flexibility index (Phi) is 11.7. The number of ether oxygens (including phenoxy) is 1. The van der Waals surface area contributed by atoms with Gasteiger partial charge in [0.05, 0.1) is 34.0 Å². The minimum absolute atomic E-state index is 0.0571. The lowest BCUT2D eigenvalue weighted by Gasteiger charge is -2.35. The molecule has 0 atom stereocenters. The zero-order chi connectivity index (χ0) is 42.9. The monoisotopic (exact) mass is 845 g/mol. The first-order valence-electron chi connectivity index (χ1n) is 19.4. The average molecular weight is 846 g/mol. The fraction of sp³-hybridized carbons (Fsp3) is 0.239. The van der Waals surface area contributed by atoms with Gasteiger partial charge in [0.25, 0.3) is 27.7 Å². The van der Waals surface area contributed by atoms with Crippen molar-refractivity contribution in [1.29, 1.82) is 0 Å². The number of anilines is 1. The summed E-state index contributed by atoms with van der Waals surface area (Å²) in [6.07, 6.45) is 1.30. The maximum atomic E-state index is 14.6. The summed E-state index contributed by atoms with van der Waals surface area (Å²) in [5.74, 6) is -2.17. The van der Waals surface area contributed by atoms with Gasteiger partial charge in [0.1, 0.15) is 0 Å². The number of aromatic nitrogens is 2. The van der Waals surface area contributed by atoms with Crippen LogP contribution in [0.2, 0.25) is 5.02 Å². The number of benzene rings is 5. The van der Waals surface area contributed by atoms with Crippen LogP contribution >= 0.6 is 11.6 Å². The van der Waals surface area contributed by atoms with Crippen LogP contribution in [0.4, 0.5) is 5.69 Å². The van der Waals surface area contributed by atoms with Gasteiger partial charge in [-0.15, -0.1) is 0 Å². The number of halogens is 1. The van der Waals surface area contributed by atoms with Crippen molar-refractivity contribution in [2.75, 3.05) is 18.6 Å². The van der Waals surface area contributed by atoms with E-state index in [9.17, 15) is 27.6 Å². The maximum Gasteiger partial charge on any atom is 0.305 e. The van der Waals surface area contributed by atoms with Crippen LogP contribution in [0.15, 0.2) is 114 Å². The first-order chi connectivity index (χ1) is 28.5. The summed E-state index contributed by atoms with van der Waals surface area (Å²) in [6, 6.07) is 31.3. The Morgan fingerprint density at radius 3 is 2.25 bits per heavy atom. The Labute approximate surface area is 353 Å². The third-order valence-electron chi connectivity index (χ3n) is 10.6. The molecule has 0 bridgehead atoms. The number of esters is 1. The van der Waals surface area contributed by atoms with Crippen molar-refractivity contribution in [2.45, 2.75) is 63.9 Å². The van der Waals surface area contributed by atoms with E-state index in [2.05, 4.69) is 4.72 Å². The van der Waals surface area contributed by atoms with Gasteiger partial charge in [0.2, 0.25) is 0 Å². The number of fused-ring (bicyclic) bond motifs is 2. The number of hydrogen-bond acceptors (Lipinski definition) is 8. The van der Waals surface area contributed by atoms with Crippen molar-refractivity contribution in [2.24, 2.45) is 0 Å². The van der Waals surface area contributed by atoms with E-state index in [0.717, 1.165) is 22.1 Å². The molecule has 0 aliphatic carbocycles. The van der Waals surface area contributed by atoms with Crippen molar-refractivity contribution < 1.29 is 32.3 Å². The summed E-state index contributed by atoms with van der Waals surface area (Å²) in [4.78, 5) is 57.7. The fourth-order valence-corrected chi connectivity index (χ4v) is 8.58. The second-order valence-electron chi connectivity index (χ2n) is 15.6. The Balaban J connectivity index is 1.25. The molecule has 14 heteroatoms. The maximum absolute atomic E-state index is 14.6. The summed E-state index contributed by atoms with van der Waals surface area (Å²) in [5.41, 5.74) is 3.36. The van der Waals surface area contributed by atoms with E-state index in [4.69, 9.17) is 21.4 Å². The van der Waals surface area contributed by atoms with Crippen LogP contribution in [-0.2, 0) is 38.9 Å². The molecule has 308 valence electrons. The number of amides is 3. The molecule has 0 saturated heterocycles. The van der Waals surface area contributed by atoms with Crippen LogP contribution in [0.5, 0.6) is 0 Å². The molecule has 1 aliphatic rings. The minimum atomic E-state index is -4.31. The molecule has 12 nitrogen and oxygen atoms in total. The van der Waals surface area contributed by atoms with Gasteiger partial charge in [-0.1, -0.05) is 78.3 Å². The number of nitrogens with one attached hydrogen (secondary N) is 1. The van der Waals surface area contributed by atoms with Gasteiger partial charge in [-0.2, -0.15) is 5.10 Å². The number of carbonyl (C=O) groups excluding carboxylic acids is 4. The standard InChI is InChI=1S/C46H44ClN5O7S/c1-29-41(47)42(45(56)51(46(2,3)4)36-19-14-30(15-20-36)16-23-40(53)59-5)48-52(29)39-22-18-34(27-38(39)44(55)50-25-24-32-11-7-9-13-35(32)28-50)43(54)49-60(57,58)37-21-17-31-10-6-8-12-33(31)26-37/h6-15,17-22,26-27H,16,23-25,28H2,1-5H3,(H,49,54). The second-order valence-corrected chi connectivity index (χ2v) is 17.7. The van der Waals surface area contributed by atoms with Gasteiger partial charge in [0, 0.05) is 36.3 Å². The predicted molar refractivity (Wildman–Crippen MR) is 230 cm³/mol. The lowest BCUT2D eigenvalue weighted by Crippen LogP contribution is -2.46. The Bertz CT molecular complexity index is 2780. The normalized spacial score (nSPS) is 12.8. The number of methoxy groups -OCH3 is 1. The van der Waals surface area contributed by atoms with Crippen LogP contribution in [-0.4, -0.2) is 66.0 Å². The van der Waals surface area contributed by atoms with E-state index in [1.807, 2.05) is 69.3 Å². The quantitative estimate of drug-likeness (QED) is 0.137. The lowest BCUT2D eigenvalue weighted by atomic mass is 9.98. The van der Waals surface area contributed by atoms with Gasteiger partial charge in [-0.3, -0.25) is 19.2 Å². The first-order valence-corrected chi connectivity index (χ1v) is 21.2. The molecular weight excluding hydrogens is 802 g/mol. The van der Waals surface area contributed by atoms with Crippen LogP contribution in [0.25, 0.3) is 16.5 Å². The van der Waals surface area contributed by atoms with E-state index < -0.39 is 33.3 Å². The van der Waals surface area contributed by atoms with E-state index in [1.165, 1.54) is 42.1 Å². The molecule has 0 fully saturated rings. The Morgan fingerprint density at radius 2 is 1.55 bits per heavy atom. The number of aryl methyl sites for hydroxylation is 1. The smallest absolute Gasteiger partial charge is 0.305 e. The minimum Gasteiger partial charge on any atom is -0.469 e. The molecule has 60 heavy (non-hydrogen) atoms. The van der Waals surface area contributed by atoms with E-state index in [-0.39, 0.29) is 44.8 Å². The summed E-state index contributed by atoms with van der Waals surface area (Å²) < 4.78 is 35.3. The molecule has 7 rings (SSSR count). The third-order valence-corrected chi connectivity index (χ3v) is 12.3. The van der Waals surface area contributed by atoms with Crippen molar-refractivity contribution in [3.05, 3.63) is 153 Å². The van der Waals surface area contributed by atoms with Gasteiger partial charge >= 0.3 is 5.97 Å². The van der Waals surface area contributed by atoms with Crippen LogP contribution in [0.1, 0.15) is 80.8 Å². The van der Waals surface area contributed by atoms with Crippen LogP contribution < -0.4 is 9.62 Å². The second kappa shape index (κ2) is 16.7. The van der Waals surface area contributed by atoms with E-state index in [0.29, 0.717) is 42.7 Å². The molecular formula is C46H44ClN5O7S. The van der Waals surface area contributed by atoms with E-state index >= 15 is 0 Å². The predicted octanol–water partition coefficient (Wildman–Crippen LogP) is 7.86. The van der Waals surface area contributed by atoms with Gasteiger partial charge < -0.3 is 14.5 Å². The van der Waals surface area contributed by atoms with E-state index in [1.54, 1.807) is 47.1 Å². The Hall–Kier alpha value is -6.31. The highest BCUT2D eigenvalue weighted by atomic mass is 35.5. The number of carbonyl (C=O) groups is 4. The van der Waals surface area contributed by atoms with Crippen molar-refractivity contribution in [3.63, 3.8) is 0 Å². The average Bonchev–Trinajstić information content (AvgIpc) is 3.54. The molecule has 1 aliphatic heterocycles. The molecule has 3 amide bonds. The van der Waals surface area contributed by atoms with Crippen molar-refractivity contribution in [1.82, 2.24) is 19.4 Å². The zero-order valence-electron chi connectivity index (χ0n) is 33.9. The largest absolute Gasteiger partial charge is 0.469 e. The summed E-state index contributed by atoms with van der Waals surface area (Å²) >= 11 is 6.94. The molecule has 0 unspecified atom stereocenters. The number of sulfonamides is 1. The third kappa shape index (κ3) is 8.54. The molecule has 5 aromatic carbocycles. The fourth-order valence-electron chi connectivity index (χ4n) is 7.38. The van der Waals surface area contributed by atoms with Crippen molar-refractivity contribution in [3.8, 4) is 5.69 Å². The SMILES string of the molecule is COC(=O)CCc1ccc(N(C(=O)c2nn(-c3ccc(C(=O)NS(=O)(=O)c4ccc5ccccc5c4)cc3C(=O)N3CCc4ccccc4C3)c(C)c2Cl)C(C)(C)C)cc1. The van der Waals surface area contributed by atoms with Crippen molar-refractivity contribution >= 4 is 61.8 Å². The zero-order valence-corrected chi connectivity index (χ0v) is 35.4. The molecule has 0 saturated carbocycles. The number of hydrogen-bond donors (Lipinski definition) is 1. The topological polar surface area (TPSA) is 148 Å². The molecule has 1 N–H and O–H groups in total. The van der Waals surface area contributed by atoms with Gasteiger partial charge in [-0.25, -0.2) is 17.8 Å². The highest BCUT2D eigenvalue weighted by Gasteiger charge is 2.34.